The van der Waals surface area contributed by atoms with Crippen LogP contribution in [0.15, 0.2) is 36.7 Å². The lowest BCUT2D eigenvalue weighted by atomic mass is 10.1. The van der Waals surface area contributed by atoms with Crippen molar-refractivity contribution in [3.05, 3.63) is 36.7 Å². The van der Waals surface area contributed by atoms with E-state index >= 15 is 0 Å². The topological polar surface area (TPSA) is 94.1 Å². The molecular formula is C20H24N6O3. The third kappa shape index (κ3) is 3.26. The molecule has 2 aromatic heterocycles. The summed E-state index contributed by atoms with van der Waals surface area (Å²) in [5.74, 6) is 1.42. The predicted octanol–water partition coefficient (Wildman–Crippen LogP) is 1.30. The number of hydrogen-bond acceptors (Lipinski definition) is 7. The number of carbonyl (C=O) groups excluding carboxylic acids is 1. The second kappa shape index (κ2) is 7.49. The summed E-state index contributed by atoms with van der Waals surface area (Å²) in [7, 11) is 0. The van der Waals surface area contributed by atoms with Crippen LogP contribution in [0.2, 0.25) is 0 Å². The molecule has 0 spiro atoms. The summed E-state index contributed by atoms with van der Waals surface area (Å²) in [5, 5.41) is 12.7. The Hall–Kier alpha value is -2.91. The fourth-order valence-electron chi connectivity index (χ4n) is 4.35. The highest BCUT2D eigenvalue weighted by Gasteiger charge is 2.40. The molecule has 2 N–H and O–H groups in total. The Morgan fingerprint density at radius 2 is 2.24 bits per heavy atom. The van der Waals surface area contributed by atoms with Gasteiger partial charge < -0.3 is 25.0 Å². The zero-order valence-corrected chi connectivity index (χ0v) is 16.1. The molecule has 2 bridgehead atoms. The maximum absolute atomic E-state index is 13.2. The van der Waals surface area contributed by atoms with Gasteiger partial charge in [-0.1, -0.05) is 0 Å². The van der Waals surface area contributed by atoms with Crippen molar-refractivity contribution in [1.82, 2.24) is 9.97 Å². The maximum Gasteiger partial charge on any atom is 0.327 e. The minimum absolute atomic E-state index is 0.00127. The lowest BCUT2D eigenvalue weighted by Gasteiger charge is -2.39. The number of aromatic nitrogens is 2. The molecule has 3 aliphatic heterocycles. The van der Waals surface area contributed by atoms with Gasteiger partial charge in [0.1, 0.15) is 5.82 Å². The summed E-state index contributed by atoms with van der Waals surface area (Å²) in [4.78, 5) is 28.3. The molecule has 2 atom stereocenters. The number of aliphatic hydroxyl groups is 1. The molecule has 3 aliphatic rings. The number of amides is 2. The van der Waals surface area contributed by atoms with E-state index in [1.54, 1.807) is 23.4 Å². The molecule has 9 nitrogen and oxygen atoms in total. The normalized spacial score (nSPS) is 23.1. The van der Waals surface area contributed by atoms with E-state index in [9.17, 15) is 9.90 Å². The average Bonchev–Trinajstić information content (AvgIpc) is 3.18. The standard InChI is InChI=1S/C20H24N6O3/c27-12-16-13-29-9-8-25(16)18-4-3-17-19(23-18)26(15-5-7-24(17)11-15)20(28)22-14-2-1-6-21-10-14/h1-4,6,10,15-16,27H,5,7-9,11-13H2,(H,22,28). The van der Waals surface area contributed by atoms with Crippen molar-refractivity contribution in [2.75, 3.05) is 59.5 Å². The fourth-order valence-corrected chi connectivity index (χ4v) is 4.35. The summed E-state index contributed by atoms with van der Waals surface area (Å²) in [5.41, 5.74) is 1.63. The van der Waals surface area contributed by atoms with Gasteiger partial charge in [0.05, 0.1) is 49.5 Å². The van der Waals surface area contributed by atoms with Crippen LogP contribution in [0.4, 0.5) is 27.8 Å². The number of urea groups is 1. The number of rotatable bonds is 3. The Morgan fingerprint density at radius 3 is 3.07 bits per heavy atom. The van der Waals surface area contributed by atoms with Crippen molar-refractivity contribution in [1.29, 1.82) is 0 Å². The number of anilines is 4. The number of pyridine rings is 2. The quantitative estimate of drug-likeness (QED) is 0.808. The van der Waals surface area contributed by atoms with Crippen LogP contribution in [0.3, 0.4) is 0 Å². The summed E-state index contributed by atoms with van der Waals surface area (Å²) >= 11 is 0. The summed E-state index contributed by atoms with van der Waals surface area (Å²) in [6.07, 6.45) is 4.21. The number of morpholine rings is 1. The van der Waals surface area contributed by atoms with Crippen LogP contribution in [0, 0.1) is 0 Å². The molecule has 2 fully saturated rings. The summed E-state index contributed by atoms with van der Waals surface area (Å²) in [6.45, 7) is 3.44. The predicted molar refractivity (Wildman–Crippen MR) is 110 cm³/mol. The highest BCUT2D eigenvalue weighted by atomic mass is 16.5. The molecule has 2 aromatic rings. The van der Waals surface area contributed by atoms with Crippen LogP contribution in [0.25, 0.3) is 0 Å². The molecule has 5 heterocycles. The number of ether oxygens (including phenoxy) is 1. The summed E-state index contributed by atoms with van der Waals surface area (Å²) in [6, 6.07) is 7.38. The Morgan fingerprint density at radius 1 is 1.31 bits per heavy atom. The molecule has 152 valence electrons. The van der Waals surface area contributed by atoms with Crippen molar-refractivity contribution >= 4 is 29.0 Å². The first-order chi connectivity index (χ1) is 14.2. The van der Waals surface area contributed by atoms with Gasteiger partial charge in [-0.2, -0.15) is 0 Å². The van der Waals surface area contributed by atoms with Gasteiger partial charge in [-0.05, 0) is 30.7 Å². The number of nitrogens with one attached hydrogen (secondary N) is 1. The van der Waals surface area contributed by atoms with Crippen molar-refractivity contribution in [3.8, 4) is 0 Å². The monoisotopic (exact) mass is 396 g/mol. The summed E-state index contributed by atoms with van der Waals surface area (Å²) < 4.78 is 5.49. The van der Waals surface area contributed by atoms with Crippen LogP contribution in [-0.4, -0.2) is 72.6 Å². The molecule has 0 saturated carbocycles. The van der Waals surface area contributed by atoms with Crippen LogP contribution < -0.4 is 20.0 Å². The molecule has 9 heteroatoms. The molecule has 5 rings (SSSR count). The molecule has 2 saturated heterocycles. The van der Waals surface area contributed by atoms with E-state index in [-0.39, 0.29) is 24.7 Å². The Kier molecular flexibility index (Phi) is 4.69. The van der Waals surface area contributed by atoms with E-state index in [1.165, 1.54) is 0 Å². The average molecular weight is 396 g/mol. The van der Waals surface area contributed by atoms with Crippen molar-refractivity contribution in [2.24, 2.45) is 0 Å². The van der Waals surface area contributed by atoms with Crippen LogP contribution in [0.5, 0.6) is 0 Å². The zero-order chi connectivity index (χ0) is 19.8. The molecule has 0 aliphatic carbocycles. The number of aliphatic hydroxyl groups excluding tert-OH is 1. The number of nitrogens with zero attached hydrogens (tertiary/aromatic N) is 5. The number of carbonyl (C=O) groups is 1. The van der Waals surface area contributed by atoms with E-state index in [4.69, 9.17) is 9.72 Å². The zero-order valence-electron chi connectivity index (χ0n) is 16.1. The van der Waals surface area contributed by atoms with Gasteiger partial charge in [-0.3, -0.25) is 9.88 Å². The van der Waals surface area contributed by atoms with Gasteiger partial charge in [0.2, 0.25) is 0 Å². The molecule has 2 unspecified atom stereocenters. The third-order valence-corrected chi connectivity index (χ3v) is 5.80. The first-order valence-corrected chi connectivity index (χ1v) is 9.96. The molecule has 0 aromatic carbocycles. The van der Waals surface area contributed by atoms with Crippen LogP contribution >= 0.6 is 0 Å². The first-order valence-electron chi connectivity index (χ1n) is 9.96. The Labute approximate surface area is 168 Å². The fraction of sp³-hybridized carbons (Fsp3) is 0.450. The molecule has 29 heavy (non-hydrogen) atoms. The maximum atomic E-state index is 13.2. The van der Waals surface area contributed by atoms with Gasteiger partial charge in [-0.25, -0.2) is 9.78 Å². The molecule has 2 amide bonds. The van der Waals surface area contributed by atoms with Crippen LogP contribution in [0.1, 0.15) is 6.42 Å². The minimum Gasteiger partial charge on any atom is -0.394 e. The van der Waals surface area contributed by atoms with Crippen LogP contribution in [-0.2, 0) is 4.74 Å². The van der Waals surface area contributed by atoms with Gasteiger partial charge >= 0.3 is 6.03 Å². The molecule has 0 radical (unpaired) electrons. The van der Waals surface area contributed by atoms with Gasteiger partial charge in [-0.15, -0.1) is 0 Å². The lowest BCUT2D eigenvalue weighted by Crippen LogP contribution is -2.50. The van der Waals surface area contributed by atoms with Crippen molar-refractivity contribution in [3.63, 3.8) is 0 Å². The highest BCUT2D eigenvalue weighted by Crippen LogP contribution is 2.40. The minimum atomic E-state index is -0.198. The second-order valence-corrected chi connectivity index (χ2v) is 7.55. The third-order valence-electron chi connectivity index (χ3n) is 5.80. The van der Waals surface area contributed by atoms with E-state index in [0.717, 1.165) is 31.0 Å². The smallest absolute Gasteiger partial charge is 0.327 e. The van der Waals surface area contributed by atoms with Gasteiger partial charge in [0, 0.05) is 25.8 Å². The van der Waals surface area contributed by atoms with E-state index in [0.29, 0.717) is 31.3 Å². The first kappa shape index (κ1) is 18.1. The number of fused-ring (bicyclic) bond motifs is 4. The largest absolute Gasteiger partial charge is 0.394 e. The van der Waals surface area contributed by atoms with E-state index in [1.807, 2.05) is 18.2 Å². The highest BCUT2D eigenvalue weighted by molar-refractivity contribution is 6.04. The van der Waals surface area contributed by atoms with Crippen molar-refractivity contribution < 1.29 is 14.6 Å². The lowest BCUT2D eigenvalue weighted by molar-refractivity contribution is 0.0723. The van der Waals surface area contributed by atoms with E-state index in [2.05, 4.69) is 20.1 Å². The van der Waals surface area contributed by atoms with Gasteiger partial charge in [0.25, 0.3) is 0 Å². The van der Waals surface area contributed by atoms with Gasteiger partial charge in [0.15, 0.2) is 5.82 Å². The molecular weight excluding hydrogens is 372 g/mol. The SMILES string of the molecule is O=C(Nc1cccnc1)N1c2nc(N3CCOCC3CO)ccc2N2CCC1C2. The van der Waals surface area contributed by atoms with E-state index < -0.39 is 0 Å². The van der Waals surface area contributed by atoms with Crippen molar-refractivity contribution in [2.45, 2.75) is 18.5 Å². The second-order valence-electron chi connectivity index (χ2n) is 7.55. The Balaban J connectivity index is 1.49. The number of hydrogen-bond donors (Lipinski definition) is 2. The Bertz CT molecular complexity index is 895.